The van der Waals surface area contributed by atoms with E-state index in [0.717, 1.165) is 16.2 Å². The lowest BCUT2D eigenvalue weighted by molar-refractivity contribution is -0.119. The van der Waals surface area contributed by atoms with Crippen molar-refractivity contribution in [2.75, 3.05) is 23.4 Å². The number of amides is 3. The zero-order chi connectivity index (χ0) is 25.8. The number of rotatable bonds is 8. The second kappa shape index (κ2) is 10.4. The number of carbonyl (C=O) groups excluding carboxylic acids is 5. The number of nitrogens with one attached hydrogen (secondary N) is 1. The molecule has 0 spiro atoms. The van der Waals surface area contributed by atoms with E-state index in [1.807, 2.05) is 6.92 Å². The summed E-state index contributed by atoms with van der Waals surface area (Å²) in [5.41, 5.74) is 0.912. The van der Waals surface area contributed by atoms with E-state index in [-0.39, 0.29) is 21.8 Å². The van der Waals surface area contributed by atoms with Crippen LogP contribution < -0.4 is 10.2 Å². The van der Waals surface area contributed by atoms with Crippen molar-refractivity contribution in [1.29, 1.82) is 0 Å². The molecule has 184 valence electrons. The first-order valence-electron chi connectivity index (χ1n) is 10.9. The molecular weight excluding hydrogens is 488 g/mol. The third-order valence-corrected chi connectivity index (χ3v) is 5.83. The zero-order valence-corrected chi connectivity index (χ0v) is 20.1. The molecule has 0 bridgehead atoms. The predicted molar refractivity (Wildman–Crippen MR) is 128 cm³/mol. The molecule has 0 saturated carbocycles. The number of carbonyl (C=O) groups is 5. The lowest BCUT2D eigenvalue weighted by Crippen LogP contribution is -2.29. The van der Waals surface area contributed by atoms with E-state index >= 15 is 0 Å². The average Bonchev–Trinajstić information content (AvgIpc) is 3.41. The minimum atomic E-state index is -0.840. The summed E-state index contributed by atoms with van der Waals surface area (Å²) in [6.45, 7) is 3.32. The molecule has 3 aromatic rings. The van der Waals surface area contributed by atoms with E-state index < -0.39 is 36.3 Å². The van der Waals surface area contributed by atoms with E-state index in [4.69, 9.17) is 9.47 Å². The van der Waals surface area contributed by atoms with Gasteiger partial charge in [0.15, 0.2) is 6.61 Å². The summed E-state index contributed by atoms with van der Waals surface area (Å²) in [5.74, 6) is -3.09. The van der Waals surface area contributed by atoms with Crippen molar-refractivity contribution < 1.29 is 33.4 Å². The standard InChI is InChI=1S/C24H20N4O7S/c1-3-10-34-22(32)14-4-7-16(8-5-14)25-19(29)12-35-23(33)15-6-9-17-18(11-15)21(31)28(20(17)30)24-27-26-13(2)36-24/h4-9,11H,3,10,12H2,1-2H3,(H,25,29). The summed E-state index contributed by atoms with van der Waals surface area (Å²) >= 11 is 1.09. The van der Waals surface area contributed by atoms with Crippen molar-refractivity contribution in [3.63, 3.8) is 0 Å². The van der Waals surface area contributed by atoms with Crippen molar-refractivity contribution in [2.24, 2.45) is 0 Å². The van der Waals surface area contributed by atoms with Crippen molar-refractivity contribution in [3.8, 4) is 0 Å². The maximum atomic E-state index is 12.8. The average molecular weight is 509 g/mol. The molecule has 3 amide bonds. The molecule has 36 heavy (non-hydrogen) atoms. The van der Waals surface area contributed by atoms with Gasteiger partial charge in [-0.25, -0.2) is 14.5 Å². The van der Waals surface area contributed by atoms with Crippen LogP contribution in [0.25, 0.3) is 0 Å². The summed E-state index contributed by atoms with van der Waals surface area (Å²) in [4.78, 5) is 62.8. The predicted octanol–water partition coefficient (Wildman–Crippen LogP) is 3.01. The quantitative estimate of drug-likeness (QED) is 0.358. The smallest absolute Gasteiger partial charge is 0.338 e. The number of aryl methyl sites for hydroxylation is 1. The molecule has 2 aromatic carbocycles. The second-order valence-electron chi connectivity index (χ2n) is 7.65. The number of ether oxygens (including phenoxy) is 2. The van der Waals surface area contributed by atoms with Crippen LogP contribution in [0.2, 0.25) is 0 Å². The van der Waals surface area contributed by atoms with E-state index in [9.17, 15) is 24.0 Å². The maximum Gasteiger partial charge on any atom is 0.338 e. The van der Waals surface area contributed by atoms with Crippen molar-refractivity contribution in [3.05, 3.63) is 69.7 Å². The molecule has 0 atom stereocenters. The van der Waals surface area contributed by atoms with Gasteiger partial charge in [0.25, 0.3) is 17.7 Å². The van der Waals surface area contributed by atoms with Gasteiger partial charge in [0, 0.05) is 5.69 Å². The largest absolute Gasteiger partial charge is 0.462 e. The zero-order valence-electron chi connectivity index (χ0n) is 19.3. The molecule has 0 fully saturated rings. The molecule has 1 aliphatic heterocycles. The molecule has 0 unspecified atom stereocenters. The number of anilines is 2. The summed E-state index contributed by atoms with van der Waals surface area (Å²) < 4.78 is 10.1. The van der Waals surface area contributed by atoms with Crippen LogP contribution >= 0.6 is 11.3 Å². The van der Waals surface area contributed by atoms with Gasteiger partial charge in [0.1, 0.15) is 5.01 Å². The Morgan fingerprint density at radius 3 is 2.25 bits per heavy atom. The molecular formula is C24H20N4O7S. The van der Waals surface area contributed by atoms with E-state index in [1.54, 1.807) is 6.92 Å². The van der Waals surface area contributed by atoms with E-state index in [2.05, 4.69) is 15.5 Å². The molecule has 0 radical (unpaired) electrons. The molecule has 1 aliphatic rings. The Balaban J connectivity index is 1.35. The van der Waals surface area contributed by atoms with Crippen LogP contribution in [0.1, 0.15) is 59.8 Å². The molecule has 2 heterocycles. The van der Waals surface area contributed by atoms with E-state index in [0.29, 0.717) is 29.3 Å². The van der Waals surface area contributed by atoms with Crippen LogP contribution in [0.3, 0.4) is 0 Å². The van der Waals surface area contributed by atoms with Gasteiger partial charge in [-0.05, 0) is 55.8 Å². The lowest BCUT2D eigenvalue weighted by atomic mass is 10.1. The van der Waals surface area contributed by atoms with Gasteiger partial charge >= 0.3 is 11.9 Å². The maximum absolute atomic E-state index is 12.8. The van der Waals surface area contributed by atoms with Crippen molar-refractivity contribution >= 4 is 51.8 Å². The van der Waals surface area contributed by atoms with Gasteiger partial charge in [-0.15, -0.1) is 10.2 Å². The van der Waals surface area contributed by atoms with Crippen LogP contribution in [0.15, 0.2) is 42.5 Å². The van der Waals surface area contributed by atoms with Crippen molar-refractivity contribution in [1.82, 2.24) is 10.2 Å². The molecule has 4 rings (SSSR count). The normalized spacial score (nSPS) is 12.3. The molecule has 12 heteroatoms. The monoisotopic (exact) mass is 508 g/mol. The first-order valence-corrected chi connectivity index (χ1v) is 11.7. The van der Waals surface area contributed by atoms with Crippen LogP contribution in [0.4, 0.5) is 10.8 Å². The SMILES string of the molecule is CCCOC(=O)c1ccc(NC(=O)COC(=O)c2ccc3c(c2)C(=O)N(c2nnc(C)s2)C3=O)cc1. The van der Waals surface area contributed by atoms with Gasteiger partial charge in [0.2, 0.25) is 5.13 Å². The molecule has 0 aliphatic carbocycles. The van der Waals surface area contributed by atoms with Crippen LogP contribution in [0, 0.1) is 6.92 Å². The minimum Gasteiger partial charge on any atom is -0.462 e. The fourth-order valence-electron chi connectivity index (χ4n) is 3.30. The first kappa shape index (κ1) is 24.7. The minimum absolute atomic E-state index is 0.00735. The Hall–Kier alpha value is -4.45. The van der Waals surface area contributed by atoms with Crippen LogP contribution in [-0.2, 0) is 14.3 Å². The Morgan fingerprint density at radius 2 is 1.58 bits per heavy atom. The third kappa shape index (κ3) is 5.13. The number of hydrogen-bond acceptors (Lipinski definition) is 10. The number of nitrogens with zero attached hydrogens (tertiary/aromatic N) is 3. The number of fused-ring (bicyclic) bond motifs is 1. The summed E-state index contributed by atoms with van der Waals surface area (Å²) in [7, 11) is 0. The van der Waals surface area contributed by atoms with Crippen LogP contribution in [-0.4, -0.2) is 53.1 Å². The summed E-state index contributed by atoms with van der Waals surface area (Å²) in [5, 5.41) is 11.0. The number of benzene rings is 2. The number of aromatic nitrogens is 2. The van der Waals surface area contributed by atoms with Gasteiger partial charge < -0.3 is 14.8 Å². The highest BCUT2D eigenvalue weighted by molar-refractivity contribution is 7.15. The molecule has 0 saturated heterocycles. The fraction of sp³-hybridized carbons (Fsp3) is 0.208. The van der Waals surface area contributed by atoms with Crippen LogP contribution in [0.5, 0.6) is 0 Å². The Kier molecular flexibility index (Phi) is 7.15. The van der Waals surface area contributed by atoms with Gasteiger partial charge in [-0.3, -0.25) is 14.4 Å². The number of esters is 2. The van der Waals surface area contributed by atoms with Crippen molar-refractivity contribution in [2.45, 2.75) is 20.3 Å². The lowest BCUT2D eigenvalue weighted by Gasteiger charge is -2.08. The van der Waals surface area contributed by atoms with Gasteiger partial charge in [-0.2, -0.15) is 0 Å². The first-order chi connectivity index (χ1) is 17.3. The highest BCUT2D eigenvalue weighted by Gasteiger charge is 2.39. The molecule has 1 aromatic heterocycles. The van der Waals surface area contributed by atoms with E-state index in [1.165, 1.54) is 42.5 Å². The second-order valence-corrected chi connectivity index (χ2v) is 8.81. The number of imide groups is 1. The van der Waals surface area contributed by atoms with Gasteiger partial charge in [-0.1, -0.05) is 18.3 Å². The third-order valence-electron chi connectivity index (χ3n) is 5.00. The summed E-state index contributed by atoms with van der Waals surface area (Å²) in [6, 6.07) is 10.0. The van der Waals surface area contributed by atoms with Gasteiger partial charge in [0.05, 0.1) is 28.9 Å². The summed E-state index contributed by atoms with van der Waals surface area (Å²) in [6.07, 6.45) is 0.709. The Morgan fingerprint density at radius 1 is 0.917 bits per heavy atom. The highest BCUT2D eigenvalue weighted by atomic mass is 32.1. The Labute approximate surface area is 209 Å². The Bertz CT molecular complexity index is 1370. The fourth-order valence-corrected chi connectivity index (χ4v) is 3.98. The number of hydrogen-bond donors (Lipinski definition) is 1. The topological polar surface area (TPSA) is 145 Å². The molecule has 1 N–H and O–H groups in total. The molecule has 11 nitrogen and oxygen atoms in total. The highest BCUT2D eigenvalue weighted by Crippen LogP contribution is 2.31.